The predicted molar refractivity (Wildman–Crippen MR) is 195 cm³/mol. The van der Waals surface area contributed by atoms with Gasteiger partial charge in [0.05, 0.1) is 0 Å². The molecule has 1 nitrogen and oxygen atoms in total. The van der Waals surface area contributed by atoms with E-state index in [1.165, 1.54) is 87.6 Å². The van der Waals surface area contributed by atoms with Crippen molar-refractivity contribution < 1.29 is 4.42 Å². The highest BCUT2D eigenvalue weighted by molar-refractivity contribution is 6.22. The predicted octanol–water partition coefficient (Wildman–Crippen LogP) is 12.7. The Morgan fingerprint density at radius 2 is 1.00 bits per heavy atom. The van der Waals surface area contributed by atoms with Gasteiger partial charge in [0, 0.05) is 16.2 Å². The first-order chi connectivity index (χ1) is 22.6. The standard InChI is InChI=1S/C45H30O/c1-45(2)38-18-10-9-13-31(38)36-22-24-40-43(44(36)45)37-26-30(21-23-39(37)46-40)42-34-16-7-5-14-32(34)41(33-15-6-8-17-35(33)42)29-20-19-27-11-3-4-12-28(27)25-29/h3-26H,1-2H3. The van der Waals surface area contributed by atoms with Gasteiger partial charge in [0.2, 0.25) is 0 Å². The molecule has 0 amide bonds. The summed E-state index contributed by atoms with van der Waals surface area (Å²) in [5, 5.41) is 9.97. The molecule has 1 aromatic heterocycles. The van der Waals surface area contributed by atoms with Gasteiger partial charge in [-0.05, 0) is 101 Å². The minimum atomic E-state index is -0.126. The Hall–Kier alpha value is -5.66. The van der Waals surface area contributed by atoms with Crippen LogP contribution in [0.4, 0.5) is 0 Å². The average Bonchev–Trinajstić information content (AvgIpc) is 3.58. The molecule has 1 heterocycles. The zero-order chi connectivity index (χ0) is 30.6. The van der Waals surface area contributed by atoms with Crippen LogP contribution in [-0.4, -0.2) is 0 Å². The maximum atomic E-state index is 6.55. The second-order valence-corrected chi connectivity index (χ2v) is 13.2. The molecule has 0 saturated carbocycles. The van der Waals surface area contributed by atoms with E-state index >= 15 is 0 Å². The molecule has 0 atom stereocenters. The highest BCUT2D eigenvalue weighted by Crippen LogP contribution is 2.53. The molecule has 0 spiro atoms. The monoisotopic (exact) mass is 586 g/mol. The van der Waals surface area contributed by atoms with Crippen LogP contribution < -0.4 is 0 Å². The molecule has 8 aromatic carbocycles. The molecule has 1 aliphatic rings. The lowest BCUT2D eigenvalue weighted by atomic mass is 9.80. The van der Waals surface area contributed by atoms with Gasteiger partial charge < -0.3 is 4.42 Å². The Kier molecular flexibility index (Phi) is 5.12. The van der Waals surface area contributed by atoms with E-state index in [-0.39, 0.29) is 5.41 Å². The maximum absolute atomic E-state index is 6.55. The largest absolute Gasteiger partial charge is 0.456 e. The number of hydrogen-bond acceptors (Lipinski definition) is 1. The van der Waals surface area contributed by atoms with Gasteiger partial charge in [-0.15, -0.1) is 0 Å². The lowest BCUT2D eigenvalue weighted by Crippen LogP contribution is -2.15. The molecule has 216 valence electrons. The number of rotatable bonds is 2. The SMILES string of the molecule is CC1(C)c2ccccc2-c2ccc3oc4ccc(-c5c6ccccc6c(-c6ccc7ccccc7c6)c6ccccc56)cc4c3c21. The van der Waals surface area contributed by atoms with Crippen molar-refractivity contribution in [1.29, 1.82) is 0 Å². The van der Waals surface area contributed by atoms with E-state index in [0.717, 1.165) is 11.2 Å². The van der Waals surface area contributed by atoms with Gasteiger partial charge in [0.15, 0.2) is 0 Å². The lowest BCUT2D eigenvalue weighted by molar-refractivity contribution is 0.657. The van der Waals surface area contributed by atoms with Gasteiger partial charge in [-0.25, -0.2) is 0 Å². The maximum Gasteiger partial charge on any atom is 0.135 e. The molecule has 0 fully saturated rings. The van der Waals surface area contributed by atoms with E-state index in [1.54, 1.807) is 0 Å². The molecule has 1 heteroatoms. The van der Waals surface area contributed by atoms with E-state index in [9.17, 15) is 0 Å². The fourth-order valence-electron chi connectivity index (χ4n) is 8.39. The Morgan fingerprint density at radius 1 is 0.435 bits per heavy atom. The molecule has 0 saturated heterocycles. The van der Waals surface area contributed by atoms with Gasteiger partial charge >= 0.3 is 0 Å². The Labute approximate surface area is 267 Å². The molecule has 0 N–H and O–H groups in total. The van der Waals surface area contributed by atoms with Crippen LogP contribution in [0.5, 0.6) is 0 Å². The summed E-state index contributed by atoms with van der Waals surface area (Å²) in [6.45, 7) is 4.71. The topological polar surface area (TPSA) is 13.1 Å². The molecular formula is C45H30O. The van der Waals surface area contributed by atoms with Crippen molar-refractivity contribution in [2.45, 2.75) is 19.3 Å². The van der Waals surface area contributed by atoms with Gasteiger partial charge in [-0.2, -0.15) is 0 Å². The fraction of sp³-hybridized carbons (Fsp3) is 0.0667. The summed E-state index contributed by atoms with van der Waals surface area (Å²) in [5.74, 6) is 0. The molecule has 1 aliphatic carbocycles. The quantitative estimate of drug-likeness (QED) is 0.184. The van der Waals surface area contributed by atoms with Gasteiger partial charge in [-0.3, -0.25) is 0 Å². The molecule has 46 heavy (non-hydrogen) atoms. The van der Waals surface area contributed by atoms with Crippen molar-refractivity contribution in [1.82, 2.24) is 0 Å². The van der Waals surface area contributed by atoms with E-state index in [0.29, 0.717) is 0 Å². The third kappa shape index (κ3) is 3.40. The van der Waals surface area contributed by atoms with Gasteiger partial charge in [0.25, 0.3) is 0 Å². The van der Waals surface area contributed by atoms with Crippen molar-refractivity contribution in [2.24, 2.45) is 0 Å². The highest BCUT2D eigenvalue weighted by Gasteiger charge is 2.37. The zero-order valence-corrected chi connectivity index (χ0v) is 25.8. The van der Waals surface area contributed by atoms with Crippen LogP contribution in [-0.2, 0) is 5.41 Å². The summed E-state index contributed by atoms with van der Waals surface area (Å²) in [6.07, 6.45) is 0. The van der Waals surface area contributed by atoms with E-state index in [4.69, 9.17) is 4.42 Å². The summed E-state index contributed by atoms with van der Waals surface area (Å²) < 4.78 is 6.55. The third-order valence-corrected chi connectivity index (χ3v) is 10.4. The van der Waals surface area contributed by atoms with Crippen molar-refractivity contribution in [3.63, 3.8) is 0 Å². The smallest absolute Gasteiger partial charge is 0.135 e. The van der Waals surface area contributed by atoms with Crippen LogP contribution in [0.2, 0.25) is 0 Å². The van der Waals surface area contributed by atoms with Crippen LogP contribution in [0.15, 0.2) is 150 Å². The minimum Gasteiger partial charge on any atom is -0.456 e. The first-order valence-corrected chi connectivity index (χ1v) is 16.1. The van der Waals surface area contributed by atoms with Crippen molar-refractivity contribution in [3.05, 3.63) is 157 Å². The average molecular weight is 587 g/mol. The number of hydrogen-bond donors (Lipinski definition) is 0. The highest BCUT2D eigenvalue weighted by atomic mass is 16.3. The van der Waals surface area contributed by atoms with Gasteiger partial charge in [0.1, 0.15) is 11.2 Å². The van der Waals surface area contributed by atoms with Crippen molar-refractivity contribution in [2.75, 3.05) is 0 Å². The molecule has 0 radical (unpaired) electrons. The van der Waals surface area contributed by atoms with Crippen LogP contribution >= 0.6 is 0 Å². The minimum absolute atomic E-state index is 0.126. The van der Waals surface area contributed by atoms with Crippen LogP contribution in [0, 0.1) is 0 Å². The summed E-state index contributed by atoms with van der Waals surface area (Å²) in [7, 11) is 0. The molecular weight excluding hydrogens is 556 g/mol. The molecule has 0 bridgehead atoms. The number of fused-ring (bicyclic) bond motifs is 10. The Bertz CT molecular complexity index is 2660. The van der Waals surface area contributed by atoms with Crippen LogP contribution in [0.3, 0.4) is 0 Å². The Morgan fingerprint density at radius 3 is 1.72 bits per heavy atom. The first kappa shape index (κ1) is 25.6. The summed E-state index contributed by atoms with van der Waals surface area (Å²) >= 11 is 0. The Balaban J connectivity index is 1.28. The zero-order valence-electron chi connectivity index (χ0n) is 25.8. The third-order valence-electron chi connectivity index (χ3n) is 10.4. The second-order valence-electron chi connectivity index (χ2n) is 13.2. The number of furan rings is 1. The van der Waals surface area contributed by atoms with Crippen LogP contribution in [0.1, 0.15) is 25.0 Å². The van der Waals surface area contributed by atoms with E-state index < -0.39 is 0 Å². The lowest BCUT2D eigenvalue weighted by Gasteiger charge is -2.22. The molecule has 0 aliphatic heterocycles. The normalized spacial score (nSPS) is 13.6. The van der Waals surface area contributed by atoms with E-state index in [2.05, 4.69) is 159 Å². The van der Waals surface area contributed by atoms with Crippen molar-refractivity contribution >= 4 is 54.3 Å². The van der Waals surface area contributed by atoms with Gasteiger partial charge in [-0.1, -0.05) is 135 Å². The molecule has 10 rings (SSSR count). The van der Waals surface area contributed by atoms with Crippen molar-refractivity contribution in [3.8, 4) is 33.4 Å². The fourth-order valence-corrected chi connectivity index (χ4v) is 8.39. The molecule has 9 aromatic rings. The summed E-state index contributed by atoms with van der Waals surface area (Å²) in [4.78, 5) is 0. The van der Waals surface area contributed by atoms with E-state index in [1.807, 2.05) is 0 Å². The molecule has 0 unspecified atom stereocenters. The van der Waals surface area contributed by atoms with Crippen LogP contribution in [0.25, 0.3) is 87.6 Å². The number of benzene rings is 8. The first-order valence-electron chi connectivity index (χ1n) is 16.1. The summed E-state index contributed by atoms with van der Waals surface area (Å²) in [5.41, 5.74) is 12.1. The second kappa shape index (κ2) is 9.19. The summed E-state index contributed by atoms with van der Waals surface area (Å²) in [6, 6.07) is 53.4.